The van der Waals surface area contributed by atoms with Gasteiger partial charge in [-0.15, -0.1) is 0 Å². The van der Waals surface area contributed by atoms with Crippen LogP contribution in [0.2, 0.25) is 10.0 Å². The lowest BCUT2D eigenvalue weighted by atomic mass is 10.2. The highest BCUT2D eigenvalue weighted by Crippen LogP contribution is 2.26. The molecule has 0 saturated carbocycles. The zero-order chi connectivity index (χ0) is 20.8. The second-order valence-corrected chi connectivity index (χ2v) is 7.27. The van der Waals surface area contributed by atoms with Crippen LogP contribution in [0.25, 0.3) is 6.08 Å². The number of pyridine rings is 1. The molecular weight excluding hydrogens is 415 g/mol. The summed E-state index contributed by atoms with van der Waals surface area (Å²) in [5.74, 6) is 0.623. The van der Waals surface area contributed by atoms with Crippen molar-refractivity contribution in [1.29, 1.82) is 0 Å². The van der Waals surface area contributed by atoms with Gasteiger partial charge < -0.3 is 20.3 Å². The number of carbonyl (C=O) groups excluding carboxylic acids is 2. The molecule has 0 aliphatic carbocycles. The number of carbonyl (C=O) groups is 2. The van der Waals surface area contributed by atoms with Gasteiger partial charge in [-0.2, -0.15) is 0 Å². The average molecular weight is 435 g/mol. The van der Waals surface area contributed by atoms with Crippen molar-refractivity contribution in [2.24, 2.45) is 5.73 Å². The van der Waals surface area contributed by atoms with Gasteiger partial charge in [-0.1, -0.05) is 35.3 Å². The molecule has 1 aromatic heterocycles. The predicted octanol–water partition coefficient (Wildman–Crippen LogP) is 2.61. The van der Waals surface area contributed by atoms with Gasteiger partial charge in [-0.3, -0.25) is 9.59 Å². The van der Waals surface area contributed by atoms with Gasteiger partial charge in [0.25, 0.3) is 5.91 Å². The van der Waals surface area contributed by atoms with Crippen molar-refractivity contribution in [3.8, 4) is 5.75 Å². The number of hydrogen-bond donors (Lipinski definition) is 1. The molecule has 2 aromatic rings. The van der Waals surface area contributed by atoms with Gasteiger partial charge in [0, 0.05) is 38.5 Å². The first-order valence-electron chi connectivity index (χ1n) is 8.96. The lowest BCUT2D eigenvalue weighted by Gasteiger charge is -2.35. The van der Waals surface area contributed by atoms with Crippen LogP contribution in [-0.4, -0.2) is 54.5 Å². The van der Waals surface area contributed by atoms with E-state index in [1.54, 1.807) is 53.6 Å². The van der Waals surface area contributed by atoms with Crippen LogP contribution in [0.5, 0.6) is 5.75 Å². The first-order valence-corrected chi connectivity index (χ1v) is 9.72. The van der Waals surface area contributed by atoms with Crippen LogP contribution in [0, 0.1) is 0 Å². The van der Waals surface area contributed by atoms with Crippen LogP contribution in [0.3, 0.4) is 0 Å². The van der Waals surface area contributed by atoms with Crippen molar-refractivity contribution < 1.29 is 14.3 Å². The Kier molecular flexibility index (Phi) is 6.95. The minimum absolute atomic E-state index is 0.0612. The van der Waals surface area contributed by atoms with E-state index in [1.807, 2.05) is 4.90 Å². The molecule has 0 spiro atoms. The van der Waals surface area contributed by atoms with Crippen LogP contribution in [0.15, 0.2) is 42.6 Å². The molecule has 1 aliphatic heterocycles. The second-order valence-electron chi connectivity index (χ2n) is 6.43. The first-order chi connectivity index (χ1) is 13.9. The molecule has 2 N–H and O–H groups in total. The third-order valence-corrected chi connectivity index (χ3v) is 4.84. The summed E-state index contributed by atoms with van der Waals surface area (Å²) in [6.07, 6.45) is 4.85. The maximum Gasteiger partial charge on any atom is 0.255 e. The third kappa shape index (κ3) is 5.85. The van der Waals surface area contributed by atoms with Crippen LogP contribution in [0.1, 0.15) is 5.56 Å². The van der Waals surface area contributed by atoms with Gasteiger partial charge in [0.05, 0.1) is 10.0 Å². The van der Waals surface area contributed by atoms with Gasteiger partial charge in [0.15, 0.2) is 6.61 Å². The number of hydrogen-bond acceptors (Lipinski definition) is 5. The van der Waals surface area contributed by atoms with E-state index in [-0.39, 0.29) is 12.5 Å². The monoisotopic (exact) mass is 434 g/mol. The molecular formula is C20H20Cl2N4O3. The third-order valence-electron chi connectivity index (χ3n) is 4.36. The van der Waals surface area contributed by atoms with Crippen molar-refractivity contribution >= 4 is 46.9 Å². The van der Waals surface area contributed by atoms with Gasteiger partial charge in [0.2, 0.25) is 5.91 Å². The van der Waals surface area contributed by atoms with Gasteiger partial charge in [-0.05, 0) is 29.8 Å². The van der Waals surface area contributed by atoms with Gasteiger partial charge in [-0.25, -0.2) is 4.98 Å². The molecule has 2 amide bonds. The van der Waals surface area contributed by atoms with Crippen molar-refractivity contribution in [1.82, 2.24) is 9.88 Å². The lowest BCUT2D eigenvalue weighted by molar-refractivity contribution is -0.126. The van der Waals surface area contributed by atoms with Crippen molar-refractivity contribution in [2.75, 3.05) is 37.7 Å². The summed E-state index contributed by atoms with van der Waals surface area (Å²) in [7, 11) is 0. The highest BCUT2D eigenvalue weighted by molar-refractivity contribution is 6.36. The van der Waals surface area contributed by atoms with Gasteiger partial charge >= 0.3 is 0 Å². The summed E-state index contributed by atoms with van der Waals surface area (Å²) in [5.41, 5.74) is 5.89. The summed E-state index contributed by atoms with van der Waals surface area (Å²) < 4.78 is 5.20. The summed E-state index contributed by atoms with van der Waals surface area (Å²) in [6, 6.07) is 8.69. The summed E-state index contributed by atoms with van der Waals surface area (Å²) in [5, 5.41) is 0.991. The average Bonchev–Trinajstić information content (AvgIpc) is 2.71. The standard InChI is InChI=1S/C20H20Cl2N4O3/c21-15-11-17(22)20(24-12-15)26-9-7-25(8-10-26)19(28)6-3-14-1-4-16(5-2-14)29-13-18(23)27/h1-6,11-12H,7-10,13H2,(H2,23,27)/b6-3+. The molecule has 9 heteroatoms. The molecule has 0 radical (unpaired) electrons. The maximum absolute atomic E-state index is 12.5. The van der Waals surface area contributed by atoms with Crippen molar-refractivity contribution in [3.05, 3.63) is 58.2 Å². The normalized spacial score (nSPS) is 14.3. The molecule has 29 heavy (non-hydrogen) atoms. The maximum atomic E-state index is 12.5. The molecule has 0 atom stereocenters. The van der Waals surface area contributed by atoms with E-state index >= 15 is 0 Å². The molecule has 7 nitrogen and oxygen atoms in total. The fourth-order valence-electron chi connectivity index (χ4n) is 2.88. The van der Waals surface area contributed by atoms with E-state index in [0.717, 1.165) is 5.56 Å². The number of piperazine rings is 1. The quantitative estimate of drug-likeness (QED) is 0.705. The molecule has 0 bridgehead atoms. The highest BCUT2D eigenvalue weighted by Gasteiger charge is 2.22. The Morgan fingerprint density at radius 2 is 1.83 bits per heavy atom. The number of nitrogens with two attached hydrogens (primary N) is 1. The van der Waals surface area contributed by atoms with Crippen molar-refractivity contribution in [3.63, 3.8) is 0 Å². The SMILES string of the molecule is NC(=O)COc1ccc(/C=C/C(=O)N2CCN(c3ncc(Cl)cc3Cl)CC2)cc1. The van der Waals surface area contributed by atoms with Crippen LogP contribution >= 0.6 is 23.2 Å². The Morgan fingerprint density at radius 3 is 2.45 bits per heavy atom. The van der Waals surface area contributed by atoms with Gasteiger partial charge in [0.1, 0.15) is 11.6 Å². The Labute approximate surface area is 178 Å². The predicted molar refractivity (Wildman–Crippen MR) is 113 cm³/mol. The minimum Gasteiger partial charge on any atom is -0.484 e. The Bertz CT molecular complexity index is 910. The lowest BCUT2D eigenvalue weighted by Crippen LogP contribution is -2.48. The summed E-state index contributed by atoms with van der Waals surface area (Å²) >= 11 is 12.1. The number of benzene rings is 1. The highest BCUT2D eigenvalue weighted by atomic mass is 35.5. The fraction of sp³-hybridized carbons (Fsp3) is 0.250. The van der Waals surface area contributed by atoms with Crippen LogP contribution < -0.4 is 15.4 Å². The number of amides is 2. The molecule has 1 aliphatic rings. The number of rotatable bonds is 6. The Balaban J connectivity index is 1.52. The molecule has 3 rings (SSSR count). The van der Waals surface area contributed by atoms with Crippen molar-refractivity contribution in [2.45, 2.75) is 0 Å². The van der Waals surface area contributed by atoms with E-state index < -0.39 is 5.91 Å². The molecule has 152 valence electrons. The van der Waals surface area contributed by atoms with E-state index in [9.17, 15) is 9.59 Å². The second kappa shape index (κ2) is 9.62. The fourth-order valence-corrected chi connectivity index (χ4v) is 3.38. The molecule has 0 unspecified atom stereocenters. The van der Waals surface area contributed by atoms with E-state index in [1.165, 1.54) is 0 Å². The van der Waals surface area contributed by atoms with Crippen LogP contribution in [-0.2, 0) is 9.59 Å². The number of halogens is 2. The molecule has 1 aromatic carbocycles. The summed E-state index contributed by atoms with van der Waals surface area (Å²) in [4.78, 5) is 31.3. The largest absolute Gasteiger partial charge is 0.484 e. The van der Waals surface area contributed by atoms with Crippen LogP contribution in [0.4, 0.5) is 5.82 Å². The smallest absolute Gasteiger partial charge is 0.255 e. The number of primary amides is 1. The zero-order valence-electron chi connectivity index (χ0n) is 15.6. The molecule has 1 saturated heterocycles. The van der Waals surface area contributed by atoms with E-state index in [0.29, 0.717) is 47.8 Å². The zero-order valence-corrected chi connectivity index (χ0v) is 17.1. The summed E-state index contributed by atoms with van der Waals surface area (Å²) in [6.45, 7) is 2.25. The number of ether oxygens (including phenoxy) is 1. The minimum atomic E-state index is -0.534. The number of anilines is 1. The number of nitrogens with zero attached hydrogens (tertiary/aromatic N) is 3. The first kappa shape index (κ1) is 21.0. The molecule has 1 fully saturated rings. The number of aromatic nitrogens is 1. The topological polar surface area (TPSA) is 88.8 Å². The molecule has 2 heterocycles. The Morgan fingerprint density at radius 1 is 1.14 bits per heavy atom. The Hall–Kier alpha value is -2.77. The van der Waals surface area contributed by atoms with E-state index in [4.69, 9.17) is 33.7 Å². The van der Waals surface area contributed by atoms with E-state index in [2.05, 4.69) is 4.98 Å².